The second-order valence-corrected chi connectivity index (χ2v) is 8.69. The Morgan fingerprint density at radius 2 is 1.79 bits per heavy atom. The second kappa shape index (κ2) is 10.1. The molecule has 0 aromatic carbocycles. The van der Waals surface area contributed by atoms with Gasteiger partial charge in [0.05, 0.1) is 0 Å². The van der Waals surface area contributed by atoms with Crippen molar-refractivity contribution in [3.05, 3.63) is 22.7 Å². The summed E-state index contributed by atoms with van der Waals surface area (Å²) in [4.78, 5) is 17.4. The lowest BCUT2D eigenvalue weighted by atomic mass is 9.93. The van der Waals surface area contributed by atoms with Crippen molar-refractivity contribution in [2.75, 3.05) is 36.4 Å². The molecular formula is C21H34N8. The van der Waals surface area contributed by atoms with Gasteiger partial charge in [0.25, 0.3) is 0 Å². The number of rotatable bonds is 6. The van der Waals surface area contributed by atoms with Gasteiger partial charge in [0.1, 0.15) is 5.82 Å². The SMILES string of the molecule is [N-]=[N+]=NC[C@@H]1[C@@H](Nc2nccc(N3CCCCCC3)n2)CCN1C1CCCCC1. The molecule has 1 saturated carbocycles. The summed E-state index contributed by atoms with van der Waals surface area (Å²) in [7, 11) is 0. The first-order valence-electron chi connectivity index (χ1n) is 11.5. The van der Waals surface area contributed by atoms with Gasteiger partial charge >= 0.3 is 0 Å². The van der Waals surface area contributed by atoms with E-state index in [9.17, 15) is 0 Å². The summed E-state index contributed by atoms with van der Waals surface area (Å²) in [6.07, 6.45) is 14.5. The molecule has 8 heteroatoms. The monoisotopic (exact) mass is 398 g/mol. The topological polar surface area (TPSA) is 93.0 Å². The maximum atomic E-state index is 8.89. The van der Waals surface area contributed by atoms with Crippen LogP contribution in [0.2, 0.25) is 0 Å². The van der Waals surface area contributed by atoms with Gasteiger partial charge in [-0.1, -0.05) is 37.2 Å². The van der Waals surface area contributed by atoms with E-state index in [2.05, 4.69) is 30.1 Å². The van der Waals surface area contributed by atoms with Crippen molar-refractivity contribution < 1.29 is 0 Å². The molecule has 1 aromatic heterocycles. The first-order valence-corrected chi connectivity index (χ1v) is 11.5. The predicted molar refractivity (Wildman–Crippen MR) is 116 cm³/mol. The van der Waals surface area contributed by atoms with Crippen molar-refractivity contribution in [2.24, 2.45) is 5.11 Å². The third-order valence-corrected chi connectivity index (χ3v) is 6.85. The molecule has 3 heterocycles. The number of hydrogen-bond donors (Lipinski definition) is 1. The van der Waals surface area contributed by atoms with E-state index in [1.165, 1.54) is 57.8 Å². The molecule has 3 aliphatic rings. The molecule has 0 radical (unpaired) electrons. The van der Waals surface area contributed by atoms with Gasteiger partial charge in [0, 0.05) is 55.4 Å². The van der Waals surface area contributed by atoms with Crippen LogP contribution >= 0.6 is 0 Å². The largest absolute Gasteiger partial charge is 0.356 e. The highest BCUT2D eigenvalue weighted by Gasteiger charge is 2.38. The van der Waals surface area contributed by atoms with Crippen molar-refractivity contribution >= 4 is 11.8 Å². The molecule has 29 heavy (non-hydrogen) atoms. The summed E-state index contributed by atoms with van der Waals surface area (Å²) in [6, 6.07) is 3.09. The Morgan fingerprint density at radius 1 is 1.03 bits per heavy atom. The minimum atomic E-state index is 0.222. The Bertz CT molecular complexity index is 690. The summed E-state index contributed by atoms with van der Waals surface area (Å²) in [5.74, 6) is 1.73. The molecule has 8 nitrogen and oxygen atoms in total. The molecule has 1 N–H and O–H groups in total. The maximum absolute atomic E-state index is 8.89. The molecule has 1 aromatic rings. The molecule has 0 unspecified atom stereocenters. The normalized spacial score (nSPS) is 26.7. The molecule has 158 valence electrons. The van der Waals surface area contributed by atoms with Crippen molar-refractivity contribution in [3.63, 3.8) is 0 Å². The molecule has 0 amide bonds. The Hall–Kier alpha value is -2.05. The lowest BCUT2D eigenvalue weighted by Crippen LogP contribution is -2.46. The van der Waals surface area contributed by atoms with Crippen LogP contribution < -0.4 is 10.2 Å². The number of anilines is 2. The van der Waals surface area contributed by atoms with E-state index in [1.807, 2.05) is 12.3 Å². The molecule has 1 aliphatic carbocycles. The zero-order valence-corrected chi connectivity index (χ0v) is 17.4. The maximum Gasteiger partial charge on any atom is 0.224 e. The minimum absolute atomic E-state index is 0.222. The molecular weight excluding hydrogens is 364 g/mol. The lowest BCUT2D eigenvalue weighted by molar-refractivity contribution is 0.142. The van der Waals surface area contributed by atoms with E-state index >= 15 is 0 Å². The van der Waals surface area contributed by atoms with Gasteiger partial charge in [-0.2, -0.15) is 4.98 Å². The van der Waals surface area contributed by atoms with Crippen molar-refractivity contribution in [2.45, 2.75) is 82.3 Å². The fourth-order valence-electron chi connectivity index (χ4n) is 5.32. The van der Waals surface area contributed by atoms with Crippen molar-refractivity contribution in [1.29, 1.82) is 0 Å². The molecule has 0 spiro atoms. The Morgan fingerprint density at radius 3 is 2.55 bits per heavy atom. The molecule has 2 aliphatic heterocycles. The quantitative estimate of drug-likeness (QED) is 0.437. The first-order chi connectivity index (χ1) is 14.3. The van der Waals surface area contributed by atoms with Crippen molar-refractivity contribution in [3.8, 4) is 0 Å². The summed E-state index contributed by atoms with van der Waals surface area (Å²) in [6.45, 7) is 3.72. The predicted octanol–water partition coefficient (Wildman–Crippen LogP) is 4.35. The Kier molecular flexibility index (Phi) is 7.06. The van der Waals surface area contributed by atoms with E-state index in [0.717, 1.165) is 31.9 Å². The number of nitrogens with one attached hydrogen (secondary N) is 1. The summed E-state index contributed by atoms with van der Waals surface area (Å²) in [5, 5.41) is 7.53. The highest BCUT2D eigenvalue weighted by atomic mass is 15.3. The standard InChI is InChI=1S/C21H34N8/c22-27-24-16-19-18(11-15-29(19)17-8-4-3-5-9-17)25-21-23-12-10-20(26-21)28-13-6-1-2-7-14-28/h10,12,17-19H,1-9,11,13-16H2,(H,23,25,26)/t18-,19+/m0/s1. The van der Waals surface area contributed by atoms with Gasteiger partial charge < -0.3 is 10.2 Å². The molecule has 0 bridgehead atoms. The van der Waals surface area contributed by atoms with E-state index in [1.54, 1.807) is 0 Å². The van der Waals surface area contributed by atoms with Crippen LogP contribution in [0.4, 0.5) is 11.8 Å². The van der Waals surface area contributed by atoms with E-state index in [4.69, 9.17) is 10.5 Å². The van der Waals surface area contributed by atoms with E-state index in [0.29, 0.717) is 18.5 Å². The fraction of sp³-hybridized carbons (Fsp3) is 0.810. The molecule has 2 saturated heterocycles. The highest BCUT2D eigenvalue weighted by molar-refractivity contribution is 5.43. The van der Waals surface area contributed by atoms with Crippen LogP contribution in [-0.4, -0.2) is 59.2 Å². The van der Waals surface area contributed by atoms with Crippen molar-refractivity contribution in [1.82, 2.24) is 14.9 Å². The number of likely N-dealkylation sites (tertiary alicyclic amines) is 1. The van der Waals surface area contributed by atoms with Crippen LogP contribution in [0.5, 0.6) is 0 Å². The average molecular weight is 399 g/mol. The van der Waals surface area contributed by atoms with Crippen LogP contribution in [-0.2, 0) is 0 Å². The third kappa shape index (κ3) is 5.11. The van der Waals surface area contributed by atoms with Gasteiger partial charge in [0.15, 0.2) is 0 Å². The van der Waals surface area contributed by atoms with Gasteiger partial charge in [0.2, 0.25) is 5.95 Å². The van der Waals surface area contributed by atoms with Crippen LogP contribution in [0, 0.1) is 0 Å². The van der Waals surface area contributed by atoms with Crippen LogP contribution in [0.15, 0.2) is 17.4 Å². The average Bonchev–Trinajstić information content (AvgIpc) is 2.97. The Balaban J connectivity index is 1.45. The van der Waals surface area contributed by atoms with Gasteiger partial charge in [-0.15, -0.1) is 0 Å². The van der Waals surface area contributed by atoms with E-state index < -0.39 is 0 Å². The third-order valence-electron chi connectivity index (χ3n) is 6.85. The first kappa shape index (κ1) is 20.2. The molecule has 2 atom stereocenters. The summed E-state index contributed by atoms with van der Waals surface area (Å²) < 4.78 is 0. The summed E-state index contributed by atoms with van der Waals surface area (Å²) in [5.41, 5.74) is 8.89. The van der Waals surface area contributed by atoms with Gasteiger partial charge in [-0.25, -0.2) is 4.98 Å². The smallest absolute Gasteiger partial charge is 0.224 e. The second-order valence-electron chi connectivity index (χ2n) is 8.69. The fourth-order valence-corrected chi connectivity index (χ4v) is 5.32. The molecule has 4 rings (SSSR count). The number of nitrogens with zero attached hydrogens (tertiary/aromatic N) is 7. The minimum Gasteiger partial charge on any atom is -0.356 e. The molecule has 3 fully saturated rings. The zero-order valence-electron chi connectivity index (χ0n) is 17.4. The lowest BCUT2D eigenvalue weighted by Gasteiger charge is -2.36. The van der Waals surface area contributed by atoms with Crippen LogP contribution in [0.3, 0.4) is 0 Å². The Labute approximate surface area is 173 Å². The van der Waals surface area contributed by atoms with Gasteiger partial charge in [-0.3, -0.25) is 4.90 Å². The van der Waals surface area contributed by atoms with Crippen LogP contribution in [0.25, 0.3) is 10.4 Å². The number of aromatic nitrogens is 2. The highest BCUT2D eigenvalue weighted by Crippen LogP contribution is 2.31. The zero-order chi connectivity index (χ0) is 19.9. The summed E-state index contributed by atoms with van der Waals surface area (Å²) >= 11 is 0. The van der Waals surface area contributed by atoms with E-state index in [-0.39, 0.29) is 12.1 Å². The van der Waals surface area contributed by atoms with Crippen LogP contribution in [0.1, 0.15) is 64.2 Å². The number of azide groups is 1. The number of hydrogen-bond acceptors (Lipinski definition) is 6. The van der Waals surface area contributed by atoms with Gasteiger partial charge in [-0.05, 0) is 43.7 Å².